The summed E-state index contributed by atoms with van der Waals surface area (Å²) < 4.78 is 2.35. The Kier molecular flexibility index (Phi) is 20.9. The Morgan fingerprint density at radius 3 is 0.700 bits per heavy atom. The predicted molar refractivity (Wildman–Crippen MR) is 235 cm³/mol. The van der Waals surface area contributed by atoms with Crippen LogP contribution in [0.15, 0.2) is 28.8 Å². The van der Waals surface area contributed by atoms with Crippen molar-refractivity contribution < 1.29 is 85.4 Å². The fourth-order valence-corrected chi connectivity index (χ4v) is 7.20. The Hall–Kier alpha value is -2.67. The number of anilines is 6. The Labute approximate surface area is 405 Å². The molecule has 0 aliphatic carbocycles. The maximum absolute atomic E-state index is 12.8. The summed E-state index contributed by atoms with van der Waals surface area (Å²) in [4.78, 5) is 76.0. The minimum atomic E-state index is -0.571. The molecule has 4 aromatic carbocycles. The summed E-state index contributed by atoms with van der Waals surface area (Å²) in [5.74, 6) is 0. The first-order chi connectivity index (χ1) is 26.4. The van der Waals surface area contributed by atoms with Crippen LogP contribution in [0.1, 0.15) is 52.6 Å². The van der Waals surface area contributed by atoms with Crippen molar-refractivity contribution in [1.29, 1.82) is 0 Å². The fourth-order valence-electron chi connectivity index (χ4n) is 7.20. The van der Waals surface area contributed by atoms with E-state index in [-0.39, 0.29) is 126 Å². The minimum Gasteiger partial charge on any atom is -1.00 e. The van der Waals surface area contributed by atoms with Crippen molar-refractivity contribution in [3.63, 3.8) is 0 Å². The van der Waals surface area contributed by atoms with Crippen LogP contribution < -0.4 is 136 Å². The molecule has 60 heavy (non-hydrogen) atoms. The predicted octanol–water partition coefficient (Wildman–Crippen LogP) is -7.23. The van der Waals surface area contributed by atoms with Crippen molar-refractivity contribution in [3.8, 4) is 0 Å². The highest BCUT2D eigenvalue weighted by atomic mass is 127. The van der Waals surface area contributed by atoms with E-state index in [2.05, 4.69) is 95.3 Å². The third-order valence-corrected chi connectivity index (χ3v) is 10.7. The van der Waals surface area contributed by atoms with Gasteiger partial charge in [0.15, 0.2) is 0 Å². The van der Waals surface area contributed by atoms with E-state index in [9.17, 15) is 28.8 Å². The topological polar surface area (TPSA) is 175 Å². The maximum atomic E-state index is 12.8. The minimum absolute atomic E-state index is 0. The Morgan fingerprint density at radius 2 is 0.517 bits per heavy atom. The number of rotatable bonds is 24. The van der Waals surface area contributed by atoms with Gasteiger partial charge in [-0.3, -0.25) is 28.8 Å². The van der Waals surface area contributed by atoms with Crippen molar-refractivity contribution in [2.45, 2.75) is 59.7 Å². The van der Waals surface area contributed by atoms with Crippen LogP contribution in [0.25, 0.3) is 0 Å². The quantitative estimate of drug-likeness (QED) is 0.0170. The van der Waals surface area contributed by atoms with E-state index < -0.39 is 32.6 Å². The summed E-state index contributed by atoms with van der Waals surface area (Å²) in [5, 5.41) is 19.2. The van der Waals surface area contributed by atoms with Crippen LogP contribution in [0, 0.1) is 20.8 Å². The first-order valence-electron chi connectivity index (χ1n) is 19.9. The molecule has 0 spiro atoms. The number of hydrogen-bond acceptors (Lipinski definition) is 12. The van der Waals surface area contributed by atoms with Crippen molar-refractivity contribution in [2.24, 2.45) is 0 Å². The molecule has 6 N–H and O–H groups in total. The van der Waals surface area contributed by atoms with Gasteiger partial charge in [0, 0.05) is 58.5 Å². The molecule has 4 rings (SSSR count). The van der Waals surface area contributed by atoms with E-state index in [4.69, 9.17) is 0 Å². The molecule has 0 amide bonds. The second-order valence-electron chi connectivity index (χ2n) is 18.5. The standard InChI is InChI=1S/C42H63N9O6.3HI/c1-25-28(22-46-34-31(37(52)40(34)55)43-16-13-19-49(4,5)6)26(2)30(24-48-36-33(39(54)42(36)57)45-18-15-21-51(10,11)12)27(3)29(25)23-47-35-32(38(53)41(35)56)44-17-14-20-50(7,8)9;;;/h13-24H2,1-12H3,(H3-3,43,44,45,46,47,48,52,53,54,55,56,57);3*1H. The first-order valence-corrected chi connectivity index (χ1v) is 19.9. The average molecular weight is 1170 g/mol. The van der Waals surface area contributed by atoms with Crippen LogP contribution >= 0.6 is 0 Å². The molecule has 4 aromatic rings. The third-order valence-electron chi connectivity index (χ3n) is 10.7. The lowest BCUT2D eigenvalue weighted by atomic mass is 9.87. The van der Waals surface area contributed by atoms with Gasteiger partial charge in [-0.15, -0.1) is 0 Å². The number of nitrogens with zero attached hydrogens (tertiary/aromatic N) is 3. The summed E-state index contributed by atoms with van der Waals surface area (Å²) >= 11 is 0. The van der Waals surface area contributed by atoms with Crippen LogP contribution in [-0.4, -0.2) is 116 Å². The van der Waals surface area contributed by atoms with Crippen LogP contribution in [0.5, 0.6) is 0 Å². The van der Waals surface area contributed by atoms with Gasteiger partial charge in [-0.25, -0.2) is 0 Å². The van der Waals surface area contributed by atoms with Gasteiger partial charge in [0.25, 0.3) is 32.6 Å². The first kappa shape index (κ1) is 55.3. The van der Waals surface area contributed by atoms with E-state index in [0.717, 1.165) is 85.7 Å². The molecule has 0 aliphatic rings. The van der Waals surface area contributed by atoms with Crippen molar-refractivity contribution in [2.75, 3.05) is 135 Å². The number of nitrogens with one attached hydrogen (secondary N) is 6. The largest absolute Gasteiger partial charge is 1.00 e. The second-order valence-corrected chi connectivity index (χ2v) is 18.5. The van der Waals surface area contributed by atoms with Gasteiger partial charge in [-0.2, -0.15) is 0 Å². The van der Waals surface area contributed by atoms with E-state index in [1.807, 2.05) is 20.8 Å². The van der Waals surface area contributed by atoms with E-state index in [0.29, 0.717) is 19.6 Å². The monoisotopic (exact) mass is 1170 g/mol. The van der Waals surface area contributed by atoms with Crippen LogP contribution in [0.3, 0.4) is 0 Å². The molecule has 0 fully saturated rings. The molecule has 0 saturated heterocycles. The van der Waals surface area contributed by atoms with Gasteiger partial charge >= 0.3 is 0 Å². The Morgan fingerprint density at radius 1 is 0.333 bits per heavy atom. The molecule has 0 atom stereocenters. The molecule has 15 nitrogen and oxygen atoms in total. The number of quaternary nitrogens is 3. The lowest BCUT2D eigenvalue weighted by molar-refractivity contribution is -0.870. The van der Waals surface area contributed by atoms with Gasteiger partial charge in [0.1, 0.15) is 34.1 Å². The summed E-state index contributed by atoms with van der Waals surface area (Å²) in [6.07, 6.45) is 2.46. The van der Waals surface area contributed by atoms with Crippen LogP contribution in [0.2, 0.25) is 0 Å². The number of hydrogen-bond donors (Lipinski definition) is 6. The summed E-state index contributed by atoms with van der Waals surface area (Å²) in [6, 6.07) is 0. The van der Waals surface area contributed by atoms with Crippen molar-refractivity contribution in [3.05, 3.63) is 94.7 Å². The molecule has 0 bridgehead atoms. The lowest BCUT2D eigenvalue weighted by Gasteiger charge is -2.26. The second kappa shape index (κ2) is 22.6. The molecule has 0 aromatic heterocycles. The van der Waals surface area contributed by atoms with Crippen molar-refractivity contribution >= 4 is 34.1 Å². The zero-order valence-corrected chi connectivity index (χ0v) is 43.9. The molecule has 0 heterocycles. The molecule has 0 aliphatic heterocycles. The summed E-state index contributed by atoms with van der Waals surface area (Å²) in [7, 11) is 18.9. The number of benzene rings is 1. The molecule has 18 heteroatoms. The highest BCUT2D eigenvalue weighted by Gasteiger charge is 2.26. The Bertz CT molecular complexity index is 2020. The van der Waals surface area contributed by atoms with Crippen molar-refractivity contribution in [1.82, 2.24) is 0 Å². The Balaban J connectivity index is 0.00000600. The van der Waals surface area contributed by atoms with E-state index in [1.54, 1.807) is 0 Å². The SMILES string of the molecule is Cc1c(CNc2c(NCCC[N+](C)(C)C)c(=O)c2=O)c(C)c(CNc2c(NCCC[N+](C)(C)C)c(=O)c2=O)c(C)c1CNc1c(NCCC[N+](C)(C)C)c(=O)c1=O.[I-].[I-].[I-]. The van der Waals surface area contributed by atoms with Crippen LogP contribution in [0.4, 0.5) is 34.1 Å². The highest BCUT2D eigenvalue weighted by molar-refractivity contribution is 5.76. The maximum Gasteiger partial charge on any atom is 0.253 e. The van der Waals surface area contributed by atoms with E-state index >= 15 is 0 Å². The van der Waals surface area contributed by atoms with Gasteiger partial charge in [0.2, 0.25) is 0 Å². The van der Waals surface area contributed by atoms with E-state index in [1.165, 1.54) is 0 Å². The lowest BCUT2D eigenvalue weighted by Crippen LogP contribution is -3.00. The summed E-state index contributed by atoms with van der Waals surface area (Å²) in [6.45, 7) is 11.0. The smallest absolute Gasteiger partial charge is 0.253 e. The van der Waals surface area contributed by atoms with Gasteiger partial charge in [-0.1, -0.05) is 0 Å². The normalized spacial score (nSPS) is 11.8. The van der Waals surface area contributed by atoms with Crippen LogP contribution in [-0.2, 0) is 19.6 Å². The zero-order valence-electron chi connectivity index (χ0n) is 37.4. The third kappa shape index (κ3) is 13.9. The summed E-state index contributed by atoms with van der Waals surface area (Å²) in [5.41, 5.74) is 3.65. The average Bonchev–Trinajstić information content (AvgIpc) is 3.12. The van der Waals surface area contributed by atoms with Gasteiger partial charge in [-0.05, 0) is 54.2 Å². The molecule has 0 radical (unpaired) electrons. The molecule has 0 saturated carbocycles. The fraction of sp³-hybridized carbons (Fsp3) is 0.571. The van der Waals surface area contributed by atoms with Gasteiger partial charge < -0.3 is 117 Å². The molecule has 336 valence electrons. The molecule has 0 unspecified atom stereocenters. The molecular weight excluding hydrogens is 1110 g/mol. The number of halogens is 3. The molecular formula is C42H66I3N9O6. The highest BCUT2D eigenvalue weighted by Crippen LogP contribution is 2.31. The van der Waals surface area contributed by atoms with Gasteiger partial charge in [0.05, 0.1) is 83.1 Å². The zero-order chi connectivity index (χ0) is 42.6.